The number of Topliss-reactive ketones (excluding diaryl/α,β-unsaturated/α-hetero) is 1. The molecular formula is C80H68N6O10. The topological polar surface area (TPSA) is 215 Å². The Kier molecular flexibility index (Phi) is 21.0. The molecule has 0 aromatic heterocycles. The molecule has 0 unspecified atom stereocenters. The molecule has 16 nitrogen and oxygen atoms in total. The van der Waals surface area contributed by atoms with Crippen LogP contribution in [0.15, 0.2) is 272 Å². The molecule has 0 spiro atoms. The Balaban J connectivity index is 0.000000206. The van der Waals surface area contributed by atoms with Crippen LogP contribution in [-0.4, -0.2) is 65.9 Å². The summed E-state index contributed by atoms with van der Waals surface area (Å²) in [6.45, 7) is 3.65. The lowest BCUT2D eigenvalue weighted by atomic mass is 9.80. The van der Waals surface area contributed by atoms with Gasteiger partial charge in [0, 0.05) is 102 Å². The van der Waals surface area contributed by atoms with E-state index in [1.165, 1.54) is 25.3 Å². The second kappa shape index (κ2) is 30.9. The van der Waals surface area contributed by atoms with E-state index in [0.29, 0.717) is 96.9 Å². The van der Waals surface area contributed by atoms with Crippen LogP contribution in [0.5, 0.6) is 0 Å². The van der Waals surface area contributed by atoms with Crippen LogP contribution in [0.4, 0.5) is 5.69 Å². The van der Waals surface area contributed by atoms with Crippen LogP contribution >= 0.6 is 0 Å². The fourth-order valence-electron chi connectivity index (χ4n) is 11.1. The van der Waals surface area contributed by atoms with Crippen LogP contribution in [0.3, 0.4) is 0 Å². The van der Waals surface area contributed by atoms with E-state index >= 15 is 0 Å². The van der Waals surface area contributed by atoms with Crippen molar-refractivity contribution in [1.82, 2.24) is 21.3 Å². The Bertz CT molecular complexity index is 4190. The molecule has 15 rings (SSSR count). The van der Waals surface area contributed by atoms with Crippen molar-refractivity contribution >= 4 is 58.3 Å². The van der Waals surface area contributed by atoms with Gasteiger partial charge in [-0.15, -0.1) is 0 Å². The predicted molar refractivity (Wildman–Crippen MR) is 365 cm³/mol. The van der Waals surface area contributed by atoms with Gasteiger partial charge in [0.1, 0.15) is 0 Å². The molecule has 9 aromatic carbocycles. The van der Waals surface area contributed by atoms with E-state index in [0.717, 1.165) is 44.8 Å². The first-order valence-electron chi connectivity index (χ1n) is 31.2. The quantitative estimate of drug-likeness (QED) is 0.0513. The van der Waals surface area contributed by atoms with E-state index < -0.39 is 11.9 Å². The first-order chi connectivity index (χ1) is 46.7. The normalized spacial score (nSPS) is 13.9. The third-order valence-electron chi connectivity index (χ3n) is 16.5. The molecule has 16 heteroatoms. The number of benzene rings is 9. The third kappa shape index (κ3) is 16.5. The highest BCUT2D eigenvalue weighted by Gasteiger charge is 2.31. The molecule has 2 aliphatic carbocycles. The van der Waals surface area contributed by atoms with Gasteiger partial charge in [-0.1, -0.05) is 163 Å². The van der Waals surface area contributed by atoms with Gasteiger partial charge in [0.25, 0.3) is 23.6 Å². The zero-order chi connectivity index (χ0) is 66.9. The lowest BCUT2D eigenvalue weighted by Crippen LogP contribution is -2.30. The van der Waals surface area contributed by atoms with Gasteiger partial charge >= 0.3 is 11.9 Å². The predicted octanol–water partition coefficient (Wildman–Crippen LogP) is 11.1. The first kappa shape index (κ1) is 65.2. The fourth-order valence-corrected chi connectivity index (χ4v) is 11.1. The summed E-state index contributed by atoms with van der Waals surface area (Å²) in [4.78, 5) is 90.7. The lowest BCUT2D eigenvalue weighted by Gasteiger charge is -2.32. The highest BCUT2D eigenvalue weighted by molar-refractivity contribution is 6.39. The molecule has 4 amide bonds. The maximum Gasteiger partial charge on any atom is 0.337 e. The molecular weight excluding hydrogens is 1200 g/mol. The molecule has 0 fully saturated rings. The number of carbonyl (C=O) groups excluding carboxylic acids is 7. The standard InChI is InChI=1S/C48H40N2O6.C32H28N4O4/c1-55-47(53)39-17-13-35(14-18-39)31-50(32-36-15-19-40(20-16-36)48(54)56-2)42-27-23-38(24-28-42)44-45(51)43(46(44)52)37-21-25-41(26-22-37)49(29-33-9-5-3-6-10-33)30-34-11-7-4-8-12-34;37-29-25-3-1-4-26(15-25)30(38)34-18-22-9-13-24(14-10-22)20-36-32(40)28-6-2-5-27(16-28)31(39)35-19-23-11-7-21(8-12-23)17-33-29/h3-28H,29-32H2,1-2H3;1-16H,17-20H2,(H,33,37)(H,34,38)(H,35,39)(H,36,40). The molecule has 4 aliphatic heterocycles. The Morgan fingerprint density at radius 3 is 1.11 bits per heavy atom. The number of hydrogen-bond acceptors (Lipinski definition) is 11. The molecule has 4 heterocycles. The maximum atomic E-state index is 13.6. The van der Waals surface area contributed by atoms with Crippen molar-refractivity contribution in [2.24, 2.45) is 0 Å². The Labute approximate surface area is 556 Å². The SMILES string of the molecule is COC(=O)c1ccc(CN(Cc2ccc(C(=O)OC)cc2)c2ccc(C3=C([O-])C(=C4C=CC(=[N+](Cc5ccccc5)Cc5ccccc5)C=C4)C3=O)cc2)cc1.O=C1NCc2ccc(cc2)CNC(=O)c2cccc(c2)C(=O)NCc2ccc(cc2)CNC(=O)c2cccc1c2. The van der Waals surface area contributed by atoms with Crippen LogP contribution in [0.25, 0.3) is 5.57 Å². The zero-order valence-corrected chi connectivity index (χ0v) is 52.9. The summed E-state index contributed by atoms with van der Waals surface area (Å²) >= 11 is 0. The van der Waals surface area contributed by atoms with Crippen molar-refractivity contribution in [3.05, 3.63) is 355 Å². The molecule has 0 radical (unpaired) electrons. The molecule has 0 saturated carbocycles. The maximum absolute atomic E-state index is 13.6. The number of nitrogens with zero attached hydrogens (tertiary/aromatic N) is 2. The van der Waals surface area contributed by atoms with Crippen LogP contribution in [-0.2, 0) is 66.6 Å². The zero-order valence-electron chi connectivity index (χ0n) is 52.9. The van der Waals surface area contributed by atoms with E-state index in [1.54, 1.807) is 84.9 Å². The van der Waals surface area contributed by atoms with Gasteiger partial charge in [-0.3, -0.25) is 24.0 Å². The molecule has 478 valence electrons. The third-order valence-corrected chi connectivity index (χ3v) is 16.5. The van der Waals surface area contributed by atoms with Gasteiger partial charge in [0.05, 0.1) is 25.3 Å². The van der Waals surface area contributed by atoms with Gasteiger partial charge in [0.15, 0.2) is 18.9 Å². The van der Waals surface area contributed by atoms with E-state index in [-0.39, 0.29) is 46.3 Å². The van der Waals surface area contributed by atoms with E-state index in [9.17, 15) is 38.7 Å². The van der Waals surface area contributed by atoms with Gasteiger partial charge in [-0.05, 0) is 129 Å². The number of allylic oxidation sites excluding steroid dienone is 7. The minimum atomic E-state index is -0.408. The highest BCUT2D eigenvalue weighted by atomic mass is 16.5. The molecule has 8 bridgehead atoms. The number of nitrogens with one attached hydrogen (secondary N) is 4. The monoisotopic (exact) mass is 1270 g/mol. The van der Waals surface area contributed by atoms with Crippen LogP contribution in [0, 0.1) is 0 Å². The molecule has 96 heavy (non-hydrogen) atoms. The van der Waals surface area contributed by atoms with E-state index in [4.69, 9.17) is 9.47 Å². The number of esters is 2. The second-order valence-electron chi connectivity index (χ2n) is 23.1. The Hall–Kier alpha value is -12.3. The molecule has 9 aromatic rings. The van der Waals surface area contributed by atoms with Crippen molar-refractivity contribution in [3.8, 4) is 0 Å². The summed E-state index contributed by atoms with van der Waals surface area (Å²) in [5, 5.41) is 25.1. The molecule has 6 aliphatic rings. The number of anilines is 1. The summed E-state index contributed by atoms with van der Waals surface area (Å²) in [6.07, 6.45) is 7.66. The summed E-state index contributed by atoms with van der Waals surface area (Å²) < 4.78 is 12.0. The number of rotatable bonds is 12. The largest absolute Gasteiger partial charge is 0.871 e. The lowest BCUT2D eigenvalue weighted by molar-refractivity contribution is -0.558. The van der Waals surface area contributed by atoms with Crippen LogP contribution in [0.2, 0.25) is 0 Å². The number of amides is 4. The van der Waals surface area contributed by atoms with Crippen molar-refractivity contribution in [2.75, 3.05) is 19.1 Å². The average molecular weight is 1270 g/mol. The molecule has 0 atom stereocenters. The summed E-state index contributed by atoms with van der Waals surface area (Å²) in [5.41, 5.74) is 13.7. The van der Waals surface area contributed by atoms with Crippen LogP contribution in [0.1, 0.15) is 112 Å². The summed E-state index contributed by atoms with van der Waals surface area (Å²) in [7, 11) is 2.70. The van der Waals surface area contributed by atoms with Gasteiger partial charge < -0.3 is 40.7 Å². The number of ketones is 1. The van der Waals surface area contributed by atoms with Crippen molar-refractivity contribution in [1.29, 1.82) is 0 Å². The fraction of sp³-hybridized carbons (Fsp3) is 0.125. The first-order valence-corrected chi connectivity index (χ1v) is 31.2. The van der Waals surface area contributed by atoms with Gasteiger partial charge in [-0.2, -0.15) is 0 Å². The molecule has 4 N–H and O–H groups in total. The number of carbonyl (C=O) groups is 7. The Morgan fingerprint density at radius 1 is 0.406 bits per heavy atom. The van der Waals surface area contributed by atoms with E-state index in [2.05, 4.69) is 55.0 Å². The van der Waals surface area contributed by atoms with Crippen molar-refractivity contribution in [2.45, 2.75) is 52.4 Å². The number of hydrogen-bond donors (Lipinski definition) is 4. The van der Waals surface area contributed by atoms with Crippen molar-refractivity contribution < 1.29 is 52.7 Å². The minimum Gasteiger partial charge on any atom is -0.871 e. The summed E-state index contributed by atoms with van der Waals surface area (Å²) in [6, 6.07) is 70.6. The van der Waals surface area contributed by atoms with Crippen LogP contribution < -0.4 is 31.3 Å². The number of ether oxygens (including phenoxy) is 2. The second-order valence-corrected chi connectivity index (χ2v) is 23.1. The minimum absolute atomic E-state index is 0.175. The highest BCUT2D eigenvalue weighted by Crippen LogP contribution is 2.38. The average Bonchev–Trinajstić information content (AvgIpc) is 0.751. The molecule has 0 saturated heterocycles. The van der Waals surface area contributed by atoms with Gasteiger partial charge in [0.2, 0.25) is 5.71 Å². The number of methoxy groups -OCH3 is 2. The smallest absolute Gasteiger partial charge is 0.337 e. The van der Waals surface area contributed by atoms with Gasteiger partial charge in [-0.25, -0.2) is 14.2 Å². The Morgan fingerprint density at radius 2 is 0.771 bits per heavy atom. The van der Waals surface area contributed by atoms with E-state index in [1.807, 2.05) is 146 Å². The summed E-state index contributed by atoms with van der Waals surface area (Å²) in [5.74, 6) is -2.48. The van der Waals surface area contributed by atoms with Crippen molar-refractivity contribution in [3.63, 3.8) is 0 Å².